The second-order valence-electron chi connectivity index (χ2n) is 10.1. The molecular weight excluding hydrogens is 603 g/mol. The average molecular weight is 632 g/mol. The first-order chi connectivity index (χ1) is 19.1. The number of hydrogen-bond donors (Lipinski definition) is 2. The van der Waals surface area contributed by atoms with Gasteiger partial charge in [-0.05, 0) is 69.7 Å². The molecule has 0 radical (unpaired) electrons. The number of amidine groups is 1. The van der Waals surface area contributed by atoms with Crippen LogP contribution in [0.3, 0.4) is 0 Å². The minimum Gasteiger partial charge on any atom is -0.444 e. The number of amides is 1. The van der Waals surface area contributed by atoms with Gasteiger partial charge in [-0.3, -0.25) is 0 Å². The monoisotopic (exact) mass is 631 g/mol. The molecule has 0 aromatic heterocycles. The van der Waals surface area contributed by atoms with Crippen LogP contribution in [0.2, 0.25) is 5.02 Å². The van der Waals surface area contributed by atoms with Gasteiger partial charge in [0.05, 0.1) is 15.5 Å². The van der Waals surface area contributed by atoms with Crippen molar-refractivity contribution in [3.05, 3.63) is 47.0 Å². The van der Waals surface area contributed by atoms with Crippen LogP contribution >= 0.6 is 23.4 Å². The molecule has 1 saturated heterocycles. The zero-order valence-corrected chi connectivity index (χ0v) is 25.1. The van der Waals surface area contributed by atoms with Crippen molar-refractivity contribution in [2.75, 3.05) is 24.7 Å². The van der Waals surface area contributed by atoms with Gasteiger partial charge in [-0.15, -0.1) is 4.99 Å². The molecule has 0 saturated carbocycles. The number of rotatable bonds is 6. The van der Waals surface area contributed by atoms with Crippen molar-refractivity contribution < 1.29 is 31.1 Å². The van der Waals surface area contributed by atoms with Crippen molar-refractivity contribution >= 4 is 50.3 Å². The van der Waals surface area contributed by atoms with Gasteiger partial charge in [0, 0.05) is 30.4 Å². The summed E-state index contributed by atoms with van der Waals surface area (Å²) in [6.45, 7) is 5.62. The Morgan fingerprint density at radius 1 is 1.24 bits per heavy atom. The highest BCUT2D eigenvalue weighted by Crippen LogP contribution is 2.43. The van der Waals surface area contributed by atoms with E-state index in [9.17, 15) is 26.4 Å². The number of nitriles is 1. The summed E-state index contributed by atoms with van der Waals surface area (Å²) in [7, 11) is -4.04. The highest BCUT2D eigenvalue weighted by Gasteiger charge is 2.36. The van der Waals surface area contributed by atoms with Crippen LogP contribution in [-0.2, 0) is 20.9 Å². The molecule has 0 aliphatic carbocycles. The summed E-state index contributed by atoms with van der Waals surface area (Å²) in [4.78, 5) is 17.3. The molecule has 1 heterocycles. The molecule has 1 atom stereocenters. The second-order valence-corrected chi connectivity index (χ2v) is 13.0. The van der Waals surface area contributed by atoms with E-state index in [4.69, 9.17) is 21.6 Å². The number of halogens is 4. The van der Waals surface area contributed by atoms with Gasteiger partial charge in [0.2, 0.25) is 16.2 Å². The summed E-state index contributed by atoms with van der Waals surface area (Å²) in [5.74, 6) is 0. The number of thioether (sulfide) groups is 1. The molecule has 0 spiro atoms. The summed E-state index contributed by atoms with van der Waals surface area (Å²) >= 11 is 7.32. The Hall–Kier alpha value is -2.99. The Labute approximate surface area is 246 Å². The lowest BCUT2D eigenvalue weighted by atomic mass is 9.98. The first-order valence-corrected chi connectivity index (χ1v) is 15.4. The minimum atomic E-state index is -4.80. The van der Waals surface area contributed by atoms with E-state index in [0.717, 1.165) is 17.8 Å². The van der Waals surface area contributed by atoms with Crippen molar-refractivity contribution in [1.29, 1.82) is 5.26 Å². The lowest BCUT2D eigenvalue weighted by molar-refractivity contribution is -0.137. The summed E-state index contributed by atoms with van der Waals surface area (Å²) in [5, 5.41) is 11.2. The number of alkyl halides is 3. The van der Waals surface area contributed by atoms with Gasteiger partial charge in [-0.1, -0.05) is 35.5 Å². The van der Waals surface area contributed by atoms with Crippen molar-refractivity contribution in [1.82, 2.24) is 9.62 Å². The lowest BCUT2D eigenvalue weighted by Gasteiger charge is -2.28. The summed E-state index contributed by atoms with van der Waals surface area (Å²) in [5.41, 5.74) is -2.05. The van der Waals surface area contributed by atoms with E-state index < -0.39 is 39.5 Å². The Morgan fingerprint density at radius 3 is 2.46 bits per heavy atom. The van der Waals surface area contributed by atoms with Crippen LogP contribution in [-0.4, -0.2) is 55.6 Å². The number of anilines is 1. The molecule has 2 aromatic rings. The van der Waals surface area contributed by atoms with Gasteiger partial charge in [0.15, 0.2) is 5.17 Å². The lowest BCUT2D eigenvalue weighted by Crippen LogP contribution is -2.45. The van der Waals surface area contributed by atoms with E-state index >= 15 is 0 Å². The molecule has 9 nitrogen and oxygen atoms in total. The van der Waals surface area contributed by atoms with Gasteiger partial charge in [-0.25, -0.2) is 17.9 Å². The third kappa shape index (κ3) is 8.51. The van der Waals surface area contributed by atoms with E-state index in [-0.39, 0.29) is 38.4 Å². The largest absolute Gasteiger partial charge is 0.444 e. The van der Waals surface area contributed by atoms with Gasteiger partial charge >= 0.3 is 12.3 Å². The molecule has 1 aliphatic heterocycles. The number of carbonyl (C=O) groups is 1. The maximum Gasteiger partial charge on any atom is 0.417 e. The topological polar surface area (TPSA) is 124 Å². The SMILES string of the molecule is CS/C(=N\C#N)Nc1cc(Cl)c(-c2ccc(S(=O)(=O)NCC3CCCN3C(=O)OC(C)(C)C)cc2)c(C(F)(F)F)c1. The minimum absolute atomic E-state index is 0.0230. The molecule has 3 rings (SSSR count). The molecule has 0 bridgehead atoms. The number of likely N-dealkylation sites (tertiary alicyclic amines) is 1. The zero-order valence-electron chi connectivity index (χ0n) is 22.7. The maximum atomic E-state index is 14.0. The summed E-state index contributed by atoms with van der Waals surface area (Å²) < 4.78 is 75.9. The Bertz CT molecular complexity index is 1450. The standard InChI is InChI=1S/C26H29ClF3N5O4S2/c1-25(2,3)39-24(36)35-11-5-6-18(35)14-33-41(37,38)19-9-7-16(8-10-19)22-20(26(28,29)30)12-17(13-21(22)27)34-23(40-4)32-15-31/h7-10,12-13,18,33H,5-6,11,14H2,1-4H3,(H,32,34). The molecule has 1 unspecified atom stereocenters. The molecule has 41 heavy (non-hydrogen) atoms. The van der Waals surface area contributed by atoms with Crippen LogP contribution in [0.15, 0.2) is 46.3 Å². The average Bonchev–Trinajstić information content (AvgIpc) is 3.35. The van der Waals surface area contributed by atoms with Crippen LogP contribution < -0.4 is 10.0 Å². The predicted octanol–water partition coefficient (Wildman–Crippen LogP) is 6.32. The fraction of sp³-hybridized carbons (Fsp3) is 0.423. The van der Waals surface area contributed by atoms with Gasteiger partial charge < -0.3 is 15.0 Å². The molecular formula is C26H29ClF3N5O4S2. The van der Waals surface area contributed by atoms with Crippen LogP contribution in [0.25, 0.3) is 11.1 Å². The Kier molecular flexibility index (Phi) is 10.2. The number of sulfonamides is 1. The summed E-state index contributed by atoms with van der Waals surface area (Å²) in [6, 6.07) is 6.56. The normalized spacial score (nSPS) is 16.4. The molecule has 222 valence electrons. The molecule has 1 fully saturated rings. The van der Waals surface area contributed by atoms with E-state index in [0.29, 0.717) is 19.4 Å². The van der Waals surface area contributed by atoms with Crippen LogP contribution in [0.5, 0.6) is 0 Å². The van der Waals surface area contributed by atoms with Crippen LogP contribution in [0.4, 0.5) is 23.7 Å². The Balaban J connectivity index is 1.83. The summed E-state index contributed by atoms with van der Waals surface area (Å²) in [6.07, 6.45) is -0.875. The van der Waals surface area contributed by atoms with E-state index in [1.165, 1.54) is 35.2 Å². The number of nitrogens with zero attached hydrogens (tertiary/aromatic N) is 3. The molecule has 2 N–H and O–H groups in total. The first kappa shape index (κ1) is 32.5. The molecule has 1 aliphatic rings. The Morgan fingerprint density at radius 2 is 1.90 bits per heavy atom. The van der Waals surface area contributed by atoms with Crippen molar-refractivity contribution in [3.63, 3.8) is 0 Å². The fourth-order valence-electron chi connectivity index (χ4n) is 4.19. The quantitative estimate of drug-likeness (QED) is 0.217. The van der Waals surface area contributed by atoms with E-state index in [1.54, 1.807) is 33.2 Å². The van der Waals surface area contributed by atoms with Crippen molar-refractivity contribution in [3.8, 4) is 17.3 Å². The maximum absolute atomic E-state index is 14.0. The second kappa shape index (κ2) is 12.9. The number of ether oxygens (including phenoxy) is 1. The van der Waals surface area contributed by atoms with Gasteiger partial charge in [-0.2, -0.15) is 18.4 Å². The third-order valence-electron chi connectivity index (χ3n) is 5.96. The number of benzene rings is 2. The first-order valence-electron chi connectivity index (χ1n) is 12.3. The van der Waals surface area contributed by atoms with Crippen molar-refractivity contribution in [2.24, 2.45) is 4.99 Å². The molecule has 15 heteroatoms. The van der Waals surface area contributed by atoms with Crippen molar-refractivity contribution in [2.45, 2.75) is 56.3 Å². The highest BCUT2D eigenvalue weighted by atomic mass is 35.5. The van der Waals surface area contributed by atoms with Gasteiger partial charge in [0.25, 0.3) is 0 Å². The fourth-order valence-corrected chi connectivity index (χ4v) is 5.94. The predicted molar refractivity (Wildman–Crippen MR) is 153 cm³/mol. The van der Waals surface area contributed by atoms with Gasteiger partial charge in [0.1, 0.15) is 5.60 Å². The van der Waals surface area contributed by atoms with Crippen LogP contribution in [0.1, 0.15) is 39.2 Å². The van der Waals surface area contributed by atoms with E-state index in [1.807, 2.05) is 0 Å². The number of aliphatic imine (C=N–C) groups is 1. The van der Waals surface area contributed by atoms with Crippen LogP contribution in [0, 0.1) is 11.5 Å². The smallest absolute Gasteiger partial charge is 0.417 e. The molecule has 2 aromatic carbocycles. The van der Waals surface area contributed by atoms with E-state index in [2.05, 4.69) is 15.0 Å². The zero-order chi connectivity index (χ0) is 30.6. The number of nitrogens with one attached hydrogen (secondary N) is 2. The number of hydrogen-bond acceptors (Lipinski definition) is 7. The third-order valence-corrected chi connectivity index (χ3v) is 8.28. The molecule has 1 amide bonds. The number of carbonyl (C=O) groups excluding carboxylic acids is 1. The highest BCUT2D eigenvalue weighted by molar-refractivity contribution is 8.13.